The maximum Gasteiger partial charge on any atom is 0.276 e. The Morgan fingerprint density at radius 2 is 1.96 bits per heavy atom. The molecule has 6 nitrogen and oxygen atoms in total. The molecule has 0 saturated carbocycles. The molecule has 1 aromatic heterocycles. The van der Waals surface area contributed by atoms with Crippen molar-refractivity contribution in [1.82, 2.24) is 10.2 Å². The van der Waals surface area contributed by atoms with E-state index in [0.29, 0.717) is 23.1 Å². The van der Waals surface area contributed by atoms with Crippen LogP contribution in [0.3, 0.4) is 0 Å². The van der Waals surface area contributed by atoms with Crippen molar-refractivity contribution in [2.75, 3.05) is 10.6 Å². The van der Waals surface area contributed by atoms with Crippen LogP contribution in [-0.4, -0.2) is 27.9 Å². The second-order valence-electron chi connectivity index (χ2n) is 5.35. The van der Waals surface area contributed by atoms with Crippen LogP contribution in [0.2, 0.25) is 0 Å². The van der Waals surface area contributed by atoms with Crippen LogP contribution >= 0.6 is 0 Å². The van der Waals surface area contributed by atoms with Crippen LogP contribution in [0.4, 0.5) is 11.5 Å². The van der Waals surface area contributed by atoms with Gasteiger partial charge in [-0.05, 0) is 44.5 Å². The molecule has 23 heavy (non-hydrogen) atoms. The molecule has 0 aliphatic heterocycles. The summed E-state index contributed by atoms with van der Waals surface area (Å²) >= 11 is 0. The standard InChI is InChI=1S/C17H20N4O2/c1-4-11(2)18-16-9-8-15(20-21-16)17(23)19-14-7-5-6-13(10-14)12(3)22/h5-11H,4H2,1-3H3,(H,18,21)(H,19,23). The zero-order valence-electron chi connectivity index (χ0n) is 13.5. The highest BCUT2D eigenvalue weighted by Gasteiger charge is 2.10. The maximum absolute atomic E-state index is 12.2. The van der Waals surface area contributed by atoms with Crippen LogP contribution in [0.15, 0.2) is 36.4 Å². The second-order valence-corrected chi connectivity index (χ2v) is 5.35. The topological polar surface area (TPSA) is 84.0 Å². The summed E-state index contributed by atoms with van der Waals surface area (Å²) in [5.41, 5.74) is 1.31. The minimum atomic E-state index is -0.367. The summed E-state index contributed by atoms with van der Waals surface area (Å²) in [6, 6.07) is 10.4. The number of ketones is 1. The highest BCUT2D eigenvalue weighted by Crippen LogP contribution is 2.13. The number of rotatable bonds is 6. The Morgan fingerprint density at radius 1 is 1.17 bits per heavy atom. The smallest absolute Gasteiger partial charge is 0.276 e. The van der Waals surface area contributed by atoms with E-state index in [1.54, 1.807) is 36.4 Å². The lowest BCUT2D eigenvalue weighted by atomic mass is 10.1. The van der Waals surface area contributed by atoms with Crippen molar-refractivity contribution in [3.63, 3.8) is 0 Å². The normalized spacial score (nSPS) is 11.6. The molecule has 6 heteroatoms. The third kappa shape index (κ3) is 4.60. The Morgan fingerprint density at radius 3 is 2.57 bits per heavy atom. The van der Waals surface area contributed by atoms with Crippen molar-refractivity contribution >= 4 is 23.2 Å². The quantitative estimate of drug-likeness (QED) is 0.801. The van der Waals surface area contributed by atoms with Gasteiger partial charge in [0.15, 0.2) is 11.5 Å². The molecule has 1 heterocycles. The molecule has 0 fully saturated rings. The Bertz CT molecular complexity index is 698. The first kappa shape index (κ1) is 16.6. The van der Waals surface area contributed by atoms with Crippen molar-refractivity contribution < 1.29 is 9.59 Å². The third-order valence-corrected chi connectivity index (χ3v) is 3.43. The van der Waals surface area contributed by atoms with Gasteiger partial charge in [-0.2, -0.15) is 0 Å². The number of amides is 1. The van der Waals surface area contributed by atoms with Crippen molar-refractivity contribution in [2.45, 2.75) is 33.2 Å². The van der Waals surface area contributed by atoms with E-state index < -0.39 is 0 Å². The van der Waals surface area contributed by atoms with Crippen molar-refractivity contribution in [3.8, 4) is 0 Å². The number of carbonyl (C=O) groups is 2. The van der Waals surface area contributed by atoms with E-state index in [0.717, 1.165) is 6.42 Å². The van der Waals surface area contributed by atoms with Gasteiger partial charge in [0.2, 0.25) is 0 Å². The summed E-state index contributed by atoms with van der Waals surface area (Å²) in [6.07, 6.45) is 0.969. The van der Waals surface area contributed by atoms with Gasteiger partial charge >= 0.3 is 0 Å². The molecular weight excluding hydrogens is 292 g/mol. The molecule has 0 aliphatic carbocycles. The van der Waals surface area contributed by atoms with Gasteiger partial charge in [-0.25, -0.2) is 0 Å². The average molecular weight is 312 g/mol. The molecule has 0 radical (unpaired) electrons. The summed E-state index contributed by atoms with van der Waals surface area (Å²) in [5.74, 6) is 0.212. The fourth-order valence-electron chi connectivity index (χ4n) is 1.90. The van der Waals surface area contributed by atoms with E-state index >= 15 is 0 Å². The fourth-order valence-corrected chi connectivity index (χ4v) is 1.90. The van der Waals surface area contributed by atoms with Crippen molar-refractivity contribution in [2.24, 2.45) is 0 Å². The predicted octanol–water partition coefficient (Wildman–Crippen LogP) is 3.14. The molecule has 1 aromatic carbocycles. The van der Waals surface area contributed by atoms with Gasteiger partial charge in [0.25, 0.3) is 5.91 Å². The predicted molar refractivity (Wildman–Crippen MR) is 89.8 cm³/mol. The van der Waals surface area contributed by atoms with Crippen LogP contribution in [0.5, 0.6) is 0 Å². The van der Waals surface area contributed by atoms with Gasteiger partial charge in [0, 0.05) is 17.3 Å². The Kier molecular flexibility index (Phi) is 5.41. The Labute approximate surface area is 135 Å². The zero-order valence-corrected chi connectivity index (χ0v) is 13.5. The largest absolute Gasteiger partial charge is 0.366 e. The minimum absolute atomic E-state index is 0.0543. The molecule has 0 aliphatic rings. The van der Waals surface area contributed by atoms with Gasteiger partial charge in [0.05, 0.1) is 0 Å². The van der Waals surface area contributed by atoms with Crippen LogP contribution < -0.4 is 10.6 Å². The monoisotopic (exact) mass is 312 g/mol. The number of hydrogen-bond donors (Lipinski definition) is 2. The lowest BCUT2D eigenvalue weighted by Gasteiger charge is -2.11. The van der Waals surface area contributed by atoms with Gasteiger partial charge in [0.1, 0.15) is 5.82 Å². The molecule has 1 atom stereocenters. The van der Waals surface area contributed by atoms with Crippen LogP contribution in [0, 0.1) is 0 Å². The van der Waals surface area contributed by atoms with Gasteiger partial charge in [-0.15, -0.1) is 10.2 Å². The van der Waals surface area contributed by atoms with Crippen LogP contribution in [0.25, 0.3) is 0 Å². The summed E-state index contributed by atoms with van der Waals surface area (Å²) in [6.45, 7) is 5.60. The highest BCUT2D eigenvalue weighted by molar-refractivity contribution is 6.03. The molecular formula is C17H20N4O2. The number of nitrogens with one attached hydrogen (secondary N) is 2. The molecule has 0 saturated heterocycles. The van der Waals surface area contributed by atoms with Crippen molar-refractivity contribution in [1.29, 1.82) is 0 Å². The summed E-state index contributed by atoms with van der Waals surface area (Å²) in [4.78, 5) is 23.5. The fraction of sp³-hybridized carbons (Fsp3) is 0.294. The number of aromatic nitrogens is 2. The number of nitrogens with zero attached hydrogens (tertiary/aromatic N) is 2. The van der Waals surface area contributed by atoms with E-state index in [9.17, 15) is 9.59 Å². The summed E-state index contributed by atoms with van der Waals surface area (Å²) in [5, 5.41) is 13.8. The molecule has 1 unspecified atom stereocenters. The number of anilines is 2. The minimum Gasteiger partial charge on any atom is -0.366 e. The molecule has 0 spiro atoms. The maximum atomic E-state index is 12.2. The second kappa shape index (κ2) is 7.49. The lowest BCUT2D eigenvalue weighted by molar-refractivity contribution is 0.100. The summed E-state index contributed by atoms with van der Waals surface area (Å²) in [7, 11) is 0. The molecule has 2 rings (SSSR count). The number of carbonyl (C=O) groups excluding carboxylic acids is 2. The SMILES string of the molecule is CCC(C)Nc1ccc(C(=O)Nc2cccc(C(C)=O)c2)nn1. The molecule has 1 amide bonds. The lowest BCUT2D eigenvalue weighted by Crippen LogP contribution is -2.17. The molecule has 2 N–H and O–H groups in total. The Balaban J connectivity index is 2.06. The number of benzene rings is 1. The first-order valence-corrected chi connectivity index (χ1v) is 7.52. The van der Waals surface area contributed by atoms with Gasteiger partial charge in [-0.3, -0.25) is 9.59 Å². The van der Waals surface area contributed by atoms with Gasteiger partial charge < -0.3 is 10.6 Å². The van der Waals surface area contributed by atoms with E-state index in [1.165, 1.54) is 6.92 Å². The Hall–Kier alpha value is -2.76. The first-order valence-electron chi connectivity index (χ1n) is 7.52. The zero-order chi connectivity index (χ0) is 16.8. The highest BCUT2D eigenvalue weighted by atomic mass is 16.2. The first-order chi connectivity index (χ1) is 11.0. The molecule has 2 aromatic rings. The molecule has 0 bridgehead atoms. The van der Waals surface area contributed by atoms with E-state index in [2.05, 4.69) is 27.8 Å². The third-order valence-electron chi connectivity index (χ3n) is 3.43. The van der Waals surface area contributed by atoms with Gasteiger partial charge in [-0.1, -0.05) is 19.1 Å². The van der Waals surface area contributed by atoms with E-state index in [-0.39, 0.29) is 17.4 Å². The number of hydrogen-bond acceptors (Lipinski definition) is 5. The van der Waals surface area contributed by atoms with E-state index in [4.69, 9.17) is 0 Å². The van der Waals surface area contributed by atoms with Crippen LogP contribution in [-0.2, 0) is 0 Å². The van der Waals surface area contributed by atoms with Crippen LogP contribution in [0.1, 0.15) is 48.0 Å². The number of Topliss-reactive ketones (excluding diaryl/α,β-unsaturated/α-hetero) is 1. The average Bonchev–Trinajstić information content (AvgIpc) is 2.55. The molecule has 120 valence electrons. The van der Waals surface area contributed by atoms with E-state index in [1.807, 2.05) is 6.92 Å². The van der Waals surface area contributed by atoms with Crippen molar-refractivity contribution in [3.05, 3.63) is 47.7 Å². The summed E-state index contributed by atoms with van der Waals surface area (Å²) < 4.78 is 0.